The number of hydrogen-bond donors (Lipinski definition) is 1. The summed E-state index contributed by atoms with van der Waals surface area (Å²) in [4.78, 5) is 17.1. The molecule has 24 heavy (non-hydrogen) atoms. The van der Waals surface area contributed by atoms with Crippen molar-refractivity contribution in [2.24, 2.45) is 7.05 Å². The molecule has 0 saturated carbocycles. The highest BCUT2D eigenvalue weighted by Crippen LogP contribution is 2.19. The molecule has 0 spiro atoms. The highest BCUT2D eigenvalue weighted by molar-refractivity contribution is 6.30. The zero-order chi connectivity index (χ0) is 17.3. The summed E-state index contributed by atoms with van der Waals surface area (Å²) < 4.78 is 2.06. The zero-order valence-corrected chi connectivity index (χ0v) is 14.8. The smallest absolute Gasteiger partial charge is 0.251 e. The summed E-state index contributed by atoms with van der Waals surface area (Å²) >= 11 is 5.90. The van der Waals surface area contributed by atoms with Gasteiger partial charge in [-0.05, 0) is 42.8 Å². The standard InChI is InChI=1S/C19H20ClN3O/c1-4-18-22-16-11-14(7-10-17(16)23(18)3)19(24)21-12(2)13-5-8-15(20)9-6-13/h5-12H,4H2,1-3H3,(H,21,24). The van der Waals surface area contributed by atoms with Crippen molar-refractivity contribution in [1.82, 2.24) is 14.9 Å². The number of amides is 1. The molecule has 3 rings (SSSR count). The lowest BCUT2D eigenvalue weighted by Gasteiger charge is -2.14. The number of halogens is 1. The van der Waals surface area contributed by atoms with E-state index in [1.54, 1.807) is 0 Å². The molecule has 1 amide bonds. The molecule has 0 fully saturated rings. The van der Waals surface area contributed by atoms with Crippen molar-refractivity contribution in [3.63, 3.8) is 0 Å². The zero-order valence-electron chi connectivity index (χ0n) is 14.0. The van der Waals surface area contributed by atoms with Crippen LogP contribution in [0.25, 0.3) is 11.0 Å². The first-order chi connectivity index (χ1) is 11.5. The molecule has 0 aliphatic carbocycles. The summed E-state index contributed by atoms with van der Waals surface area (Å²) in [6.07, 6.45) is 0.861. The van der Waals surface area contributed by atoms with Gasteiger partial charge >= 0.3 is 0 Å². The summed E-state index contributed by atoms with van der Waals surface area (Å²) in [7, 11) is 2.00. The number of imidazole rings is 1. The number of nitrogens with zero attached hydrogens (tertiary/aromatic N) is 2. The third-order valence-electron chi connectivity index (χ3n) is 4.27. The Hall–Kier alpha value is -2.33. The second-order valence-electron chi connectivity index (χ2n) is 5.89. The minimum absolute atomic E-state index is 0.0969. The average molecular weight is 342 g/mol. The van der Waals surface area contributed by atoms with E-state index >= 15 is 0 Å². The largest absolute Gasteiger partial charge is 0.346 e. The molecular formula is C19H20ClN3O. The second kappa shape index (κ2) is 6.65. The Morgan fingerprint density at radius 3 is 2.62 bits per heavy atom. The van der Waals surface area contributed by atoms with Gasteiger partial charge in [-0.25, -0.2) is 4.98 Å². The highest BCUT2D eigenvalue weighted by atomic mass is 35.5. The molecule has 0 aliphatic rings. The number of carbonyl (C=O) groups excluding carboxylic acids is 1. The molecular weight excluding hydrogens is 322 g/mol. The molecule has 5 heteroatoms. The maximum Gasteiger partial charge on any atom is 0.251 e. The van der Waals surface area contributed by atoms with Gasteiger partial charge < -0.3 is 9.88 Å². The Morgan fingerprint density at radius 1 is 1.25 bits per heavy atom. The first-order valence-electron chi connectivity index (χ1n) is 8.01. The van der Waals surface area contributed by atoms with Gasteiger partial charge in [0.1, 0.15) is 5.82 Å². The van der Waals surface area contributed by atoms with Gasteiger partial charge in [0.15, 0.2) is 0 Å². The Bertz CT molecular complexity index is 884. The number of nitrogens with one attached hydrogen (secondary N) is 1. The summed E-state index contributed by atoms with van der Waals surface area (Å²) in [5, 5.41) is 3.70. The number of carbonyl (C=O) groups is 1. The fourth-order valence-corrected chi connectivity index (χ4v) is 2.95. The molecule has 124 valence electrons. The van der Waals surface area contributed by atoms with Crippen LogP contribution in [-0.4, -0.2) is 15.5 Å². The van der Waals surface area contributed by atoms with Crippen LogP contribution < -0.4 is 5.32 Å². The van der Waals surface area contributed by atoms with Crippen molar-refractivity contribution in [2.75, 3.05) is 0 Å². The first-order valence-corrected chi connectivity index (χ1v) is 8.39. The van der Waals surface area contributed by atoms with Crippen LogP contribution in [0.4, 0.5) is 0 Å². The summed E-state index contributed by atoms with van der Waals surface area (Å²) in [6, 6.07) is 13.0. The van der Waals surface area contributed by atoms with Gasteiger partial charge in [-0.15, -0.1) is 0 Å². The third-order valence-corrected chi connectivity index (χ3v) is 4.52. The van der Waals surface area contributed by atoms with E-state index in [1.807, 2.05) is 56.4 Å². The summed E-state index contributed by atoms with van der Waals surface area (Å²) in [5.74, 6) is 0.903. The van der Waals surface area contributed by atoms with Crippen molar-refractivity contribution < 1.29 is 4.79 Å². The fourth-order valence-electron chi connectivity index (χ4n) is 2.82. The number of benzene rings is 2. The highest BCUT2D eigenvalue weighted by Gasteiger charge is 2.14. The minimum atomic E-state index is -0.108. The lowest BCUT2D eigenvalue weighted by Crippen LogP contribution is -2.26. The molecule has 4 nitrogen and oxygen atoms in total. The van der Waals surface area contributed by atoms with E-state index in [0.29, 0.717) is 10.6 Å². The quantitative estimate of drug-likeness (QED) is 0.769. The van der Waals surface area contributed by atoms with Crippen LogP contribution in [0.3, 0.4) is 0 Å². The molecule has 3 aromatic rings. The van der Waals surface area contributed by atoms with Crippen molar-refractivity contribution in [1.29, 1.82) is 0 Å². The maximum atomic E-state index is 12.5. The van der Waals surface area contributed by atoms with Gasteiger partial charge in [-0.1, -0.05) is 30.7 Å². The van der Waals surface area contributed by atoms with E-state index in [4.69, 9.17) is 11.6 Å². The van der Waals surface area contributed by atoms with Crippen LogP contribution in [0.1, 0.15) is 41.6 Å². The summed E-state index contributed by atoms with van der Waals surface area (Å²) in [5.41, 5.74) is 3.51. The Kier molecular flexibility index (Phi) is 4.58. The molecule has 1 heterocycles. The molecule has 1 unspecified atom stereocenters. The number of hydrogen-bond acceptors (Lipinski definition) is 2. The van der Waals surface area contributed by atoms with Gasteiger partial charge in [-0.2, -0.15) is 0 Å². The van der Waals surface area contributed by atoms with Crippen molar-refractivity contribution in [3.05, 3.63) is 64.4 Å². The monoisotopic (exact) mass is 341 g/mol. The van der Waals surface area contributed by atoms with Gasteiger partial charge in [0.05, 0.1) is 17.1 Å². The normalized spacial score (nSPS) is 12.3. The van der Waals surface area contributed by atoms with Crippen molar-refractivity contribution >= 4 is 28.5 Å². The van der Waals surface area contributed by atoms with Gasteiger partial charge in [0.2, 0.25) is 0 Å². The van der Waals surface area contributed by atoms with E-state index in [2.05, 4.69) is 21.8 Å². The van der Waals surface area contributed by atoms with E-state index in [0.717, 1.165) is 28.8 Å². The Balaban J connectivity index is 1.81. The fraction of sp³-hybridized carbons (Fsp3) is 0.263. The predicted octanol–water partition coefficient (Wildman–Crippen LogP) is 4.28. The third kappa shape index (κ3) is 3.15. The Morgan fingerprint density at radius 2 is 1.96 bits per heavy atom. The Labute approximate surface area is 146 Å². The molecule has 2 aromatic carbocycles. The van der Waals surface area contributed by atoms with Crippen LogP contribution in [0.15, 0.2) is 42.5 Å². The molecule has 0 bridgehead atoms. The van der Waals surface area contributed by atoms with E-state index in [1.165, 1.54) is 0 Å². The SMILES string of the molecule is CCc1nc2cc(C(=O)NC(C)c3ccc(Cl)cc3)ccc2n1C. The van der Waals surface area contributed by atoms with Crippen molar-refractivity contribution in [3.8, 4) is 0 Å². The number of aromatic nitrogens is 2. The topological polar surface area (TPSA) is 46.9 Å². The van der Waals surface area contributed by atoms with E-state index in [-0.39, 0.29) is 11.9 Å². The van der Waals surface area contributed by atoms with Crippen LogP contribution in [0.5, 0.6) is 0 Å². The lowest BCUT2D eigenvalue weighted by molar-refractivity contribution is 0.0940. The van der Waals surface area contributed by atoms with Crippen LogP contribution in [0, 0.1) is 0 Å². The van der Waals surface area contributed by atoms with E-state index in [9.17, 15) is 4.79 Å². The predicted molar refractivity (Wildman–Crippen MR) is 97.4 cm³/mol. The number of aryl methyl sites for hydroxylation is 2. The first kappa shape index (κ1) is 16.5. The maximum absolute atomic E-state index is 12.5. The number of fused-ring (bicyclic) bond motifs is 1. The van der Waals surface area contributed by atoms with Crippen LogP contribution >= 0.6 is 11.6 Å². The molecule has 1 atom stereocenters. The molecule has 0 aliphatic heterocycles. The summed E-state index contributed by atoms with van der Waals surface area (Å²) in [6.45, 7) is 4.03. The average Bonchev–Trinajstić information content (AvgIpc) is 2.91. The minimum Gasteiger partial charge on any atom is -0.346 e. The second-order valence-corrected chi connectivity index (χ2v) is 6.33. The van der Waals surface area contributed by atoms with E-state index < -0.39 is 0 Å². The van der Waals surface area contributed by atoms with Gasteiger partial charge in [0, 0.05) is 24.1 Å². The molecule has 0 radical (unpaired) electrons. The van der Waals surface area contributed by atoms with Gasteiger partial charge in [0.25, 0.3) is 5.91 Å². The molecule has 1 N–H and O–H groups in total. The molecule has 0 saturated heterocycles. The molecule has 1 aromatic heterocycles. The van der Waals surface area contributed by atoms with Crippen molar-refractivity contribution in [2.45, 2.75) is 26.3 Å². The van der Waals surface area contributed by atoms with Crippen LogP contribution in [-0.2, 0) is 13.5 Å². The number of rotatable bonds is 4. The van der Waals surface area contributed by atoms with Gasteiger partial charge in [-0.3, -0.25) is 4.79 Å². The van der Waals surface area contributed by atoms with Crippen LogP contribution in [0.2, 0.25) is 5.02 Å². The lowest BCUT2D eigenvalue weighted by atomic mass is 10.1.